The molecule has 1 N–H and O–H groups in total. The zero-order chi connectivity index (χ0) is 54.0. The first-order chi connectivity index (χ1) is 31.7. The second-order valence-electron chi connectivity index (χ2n) is 11.8. The van der Waals surface area contributed by atoms with Crippen molar-refractivity contribution in [2.24, 2.45) is 0 Å². The number of rotatable bonds is 12. The van der Waals surface area contributed by atoms with Gasteiger partial charge >= 0.3 is 0 Å². The summed E-state index contributed by atoms with van der Waals surface area (Å²) in [4.78, 5) is 16.0. The molecule has 0 aliphatic carbocycles. The van der Waals surface area contributed by atoms with Crippen molar-refractivity contribution in [1.29, 1.82) is 5.26 Å². The maximum absolute atomic E-state index is 8.88. The molecule has 0 unspecified atom stereocenters. The van der Waals surface area contributed by atoms with Gasteiger partial charge in [0, 0.05) is 121 Å². The molecule has 0 saturated carbocycles. The number of aryl methyl sites for hydroxylation is 1. The molecule has 3 aromatic heterocycles. The van der Waals surface area contributed by atoms with Crippen LogP contribution in [-0.2, 0) is 98.1 Å². The molecule has 3 heterocycles. The predicted molar refractivity (Wildman–Crippen MR) is 315 cm³/mol. The average Bonchev–Trinajstić information content (AvgIpc) is 3.36. The second-order valence-corrected chi connectivity index (χ2v) is 11.8. The molecule has 0 aliphatic rings. The van der Waals surface area contributed by atoms with Crippen LogP contribution in [0.25, 0.3) is 0 Å². The number of nitriles is 1. The fourth-order valence-electron chi connectivity index (χ4n) is 2.55. The molecule has 15 heteroatoms. The molecule has 71 heavy (non-hydrogen) atoms. The molecule has 0 atom stereocenters. The minimum Gasteiger partial charge on any atom is -0.492 e. The van der Waals surface area contributed by atoms with Gasteiger partial charge in [0.05, 0.1) is 25.5 Å². The first-order valence-electron chi connectivity index (χ1n) is 23.8. The van der Waals surface area contributed by atoms with E-state index >= 15 is 0 Å². The van der Waals surface area contributed by atoms with Crippen molar-refractivity contribution in [3.8, 4) is 23.3 Å². The molecule has 0 fully saturated rings. The predicted octanol–water partition coefficient (Wildman–Crippen LogP) is 15.2. The van der Waals surface area contributed by atoms with E-state index in [1.165, 1.54) is 31.7 Å². The summed E-state index contributed by atoms with van der Waals surface area (Å²) in [6, 6.07) is 12.7. The van der Waals surface area contributed by atoms with E-state index in [0.717, 1.165) is 55.4 Å². The Hall–Kier alpha value is 0.0617. The first-order valence-corrected chi connectivity index (χ1v) is 25.9. The Morgan fingerprint density at radius 3 is 1.11 bits per heavy atom. The molecule has 11 nitrogen and oxygen atoms in total. The molecule has 3 aromatic rings. The first kappa shape index (κ1) is 111. The molecule has 3 rings (SSSR count). The molecule has 0 aromatic carbocycles. The fourth-order valence-corrected chi connectivity index (χ4v) is 2.55. The van der Waals surface area contributed by atoms with Crippen LogP contribution in [0.4, 0.5) is 0 Å². The molecule has 0 bridgehead atoms. The van der Waals surface area contributed by atoms with Gasteiger partial charge in [0.2, 0.25) is 6.20 Å². The van der Waals surface area contributed by atoms with Crippen LogP contribution < -0.4 is 18.9 Å². The summed E-state index contributed by atoms with van der Waals surface area (Å²) in [6.45, 7) is 61.2. The zero-order valence-electron chi connectivity index (χ0n) is 48.4. The average molecular weight is 1340 g/mol. The maximum Gasteiger partial charge on any atom is 0.263 e. The quantitative estimate of drug-likeness (QED) is 0.0619. The second kappa shape index (κ2) is 110. The fraction of sp³-hybridized carbons (Fsp3) is 0.607. The van der Waals surface area contributed by atoms with E-state index in [1.54, 1.807) is 36.7 Å². The van der Waals surface area contributed by atoms with Crippen LogP contribution in [0.15, 0.2) is 61.2 Å². The Morgan fingerprint density at radius 2 is 0.859 bits per heavy atom. The Balaban J connectivity index is -0.0000000383. The SMILES string of the molecule is C.C.CC.CC.CC.CCC.CCC.CCC.CCOc1ccc[n+](O)c1.CCOc1cccnc1C.CCOc1cccnc1C#N.CI.[CH2-]CN(C)C[CH2-].[CH2-]CN(C)C[CH2-].[CH2-]CN(C)C[CH2-].[Y].[Y].[Y]. The van der Waals surface area contributed by atoms with Gasteiger partial charge in [-0.15, -0.1) is 39.3 Å². The van der Waals surface area contributed by atoms with Crippen LogP contribution in [0, 0.1) is 59.8 Å². The van der Waals surface area contributed by atoms with E-state index in [9.17, 15) is 0 Å². The van der Waals surface area contributed by atoms with Crippen LogP contribution >= 0.6 is 22.6 Å². The molecule has 0 spiro atoms. The topological polar surface area (TPSA) is 111 Å². The van der Waals surface area contributed by atoms with Gasteiger partial charge in [-0.05, 0) is 84.1 Å². The van der Waals surface area contributed by atoms with Gasteiger partial charge in [-0.1, -0.05) is 140 Å². The van der Waals surface area contributed by atoms with Crippen molar-refractivity contribution in [2.45, 2.75) is 145 Å². The van der Waals surface area contributed by atoms with Crippen molar-refractivity contribution in [3.05, 3.63) is 114 Å². The van der Waals surface area contributed by atoms with Crippen LogP contribution in [0.2, 0.25) is 0 Å². The number of pyridine rings is 3. The van der Waals surface area contributed by atoms with E-state index in [2.05, 4.69) is 116 Å². The number of halogens is 1. The molecule has 419 valence electrons. The maximum atomic E-state index is 8.88. The summed E-state index contributed by atoms with van der Waals surface area (Å²) in [6.07, 6.45) is 10.1. The molecular weight excluding hydrogens is 1230 g/mol. The molecule has 0 saturated heterocycles. The Kier molecular flexibility index (Phi) is 172. The van der Waals surface area contributed by atoms with Crippen LogP contribution in [0.5, 0.6) is 17.2 Å². The van der Waals surface area contributed by atoms with Crippen LogP contribution in [-0.4, -0.2) is 115 Å². The molecular formula is C56H115IN7O4Y3-5. The van der Waals surface area contributed by atoms with E-state index in [1.807, 2.05) is 128 Å². The summed E-state index contributed by atoms with van der Waals surface area (Å²) in [5.74, 6) is 2.11. The third-order valence-electron chi connectivity index (χ3n) is 5.79. The minimum absolute atomic E-state index is 0. The van der Waals surface area contributed by atoms with E-state index in [0.29, 0.717) is 37.0 Å². The van der Waals surface area contributed by atoms with Gasteiger partial charge in [-0.25, -0.2) is 4.98 Å². The standard InChI is InChI=1S/C8H8N2O.C8H11NO.C7H10NO2.3C5H11N.3C3H8.3C2H6.CH3I.2CH4.3Y/c1-2-11-8-4-3-5-10-7(8)6-9;1-3-10-8-5-4-6-9-7(8)2;1-2-10-7-4-3-5-8(9)6-7;3*1-4-6(3)5-2;3*1-3-2;4*1-2;;;;;/h3-5H,2H2,1H3;4-6H,3H2,1-2H3;3-6,9H,2H2,1H3;3*1-2,4-5H2,3H3;3*3H2,1-2H3;3*1-2H3;1H3;2*1H4;;;/q;;+1;3*-2;;;;;;;;;;;;. The number of hydrogen-bond acceptors (Lipinski definition) is 10. The van der Waals surface area contributed by atoms with Crippen LogP contribution in [0.3, 0.4) is 0 Å². The minimum atomic E-state index is 0. The Labute approximate surface area is 536 Å². The van der Waals surface area contributed by atoms with Gasteiger partial charge < -0.3 is 70.5 Å². The van der Waals surface area contributed by atoms with Crippen molar-refractivity contribution < 1.29 is 122 Å². The van der Waals surface area contributed by atoms with Gasteiger partial charge in [0.15, 0.2) is 17.2 Å². The van der Waals surface area contributed by atoms with E-state index in [-0.39, 0.29) is 113 Å². The third-order valence-corrected chi connectivity index (χ3v) is 5.79. The van der Waals surface area contributed by atoms with Crippen molar-refractivity contribution >= 4 is 22.6 Å². The number of aromatic nitrogens is 3. The summed E-state index contributed by atoms with van der Waals surface area (Å²) < 4.78 is 16.5. The van der Waals surface area contributed by atoms with E-state index < -0.39 is 0 Å². The van der Waals surface area contributed by atoms with Crippen molar-refractivity contribution in [3.63, 3.8) is 0 Å². The van der Waals surface area contributed by atoms with Gasteiger partial charge in [-0.3, -0.25) is 10.2 Å². The number of alkyl halides is 1. The Bertz CT molecular complexity index is 1230. The van der Waals surface area contributed by atoms with E-state index in [4.69, 9.17) is 24.7 Å². The molecule has 3 radical (unpaired) electrons. The monoisotopic (exact) mass is 1340 g/mol. The zero-order valence-corrected chi connectivity index (χ0v) is 59.1. The van der Waals surface area contributed by atoms with Gasteiger partial charge in [0.25, 0.3) is 6.20 Å². The summed E-state index contributed by atoms with van der Waals surface area (Å²) in [7, 11) is 5.96. The largest absolute Gasteiger partial charge is 0.492 e. The smallest absolute Gasteiger partial charge is 0.263 e. The summed E-state index contributed by atoms with van der Waals surface area (Å²) in [5, 5.41) is 17.4. The summed E-state index contributed by atoms with van der Waals surface area (Å²) >= 11 is 2.15. The molecule has 0 amide bonds. The third kappa shape index (κ3) is 107. The number of hydrogen-bond donors (Lipinski definition) is 1. The van der Waals surface area contributed by atoms with Gasteiger partial charge in [-0.2, -0.15) is 5.26 Å². The normalized spacial score (nSPS) is 7.62. The van der Waals surface area contributed by atoms with Gasteiger partial charge in [0.1, 0.15) is 11.8 Å². The Morgan fingerprint density at radius 1 is 0.563 bits per heavy atom. The van der Waals surface area contributed by atoms with Crippen molar-refractivity contribution in [1.82, 2.24) is 24.7 Å². The van der Waals surface area contributed by atoms with Crippen LogP contribution in [0.1, 0.15) is 149 Å². The number of nitrogens with zero attached hydrogens (tertiary/aromatic N) is 7. The molecule has 0 aliphatic heterocycles. The van der Waals surface area contributed by atoms with Crippen molar-refractivity contribution in [2.75, 3.05) is 85.2 Å². The summed E-state index contributed by atoms with van der Waals surface area (Å²) in [5.41, 5.74) is 1.29. The number of ether oxygens (including phenoxy) is 3.